The van der Waals surface area contributed by atoms with Crippen LogP contribution in [0, 0.1) is 3.57 Å². The van der Waals surface area contributed by atoms with Crippen molar-refractivity contribution in [3.05, 3.63) is 57.2 Å². The molecule has 1 unspecified atom stereocenters. The highest BCUT2D eigenvalue weighted by Gasteiger charge is 2.22. The van der Waals surface area contributed by atoms with Gasteiger partial charge in [0.15, 0.2) is 0 Å². The zero-order valence-electron chi connectivity index (χ0n) is 9.99. The van der Waals surface area contributed by atoms with Crippen molar-refractivity contribution in [1.29, 1.82) is 0 Å². The molecule has 2 aromatic rings. The summed E-state index contributed by atoms with van der Waals surface area (Å²) in [5, 5.41) is 3.60. The van der Waals surface area contributed by atoms with Crippen LogP contribution in [0.25, 0.3) is 0 Å². The van der Waals surface area contributed by atoms with Crippen molar-refractivity contribution in [3.63, 3.8) is 0 Å². The Bertz CT molecular complexity index is 563. The number of nitrogens with one attached hydrogen (secondary N) is 1. The molecule has 2 aromatic carbocycles. The van der Waals surface area contributed by atoms with Crippen molar-refractivity contribution in [2.24, 2.45) is 0 Å². The lowest BCUT2D eigenvalue weighted by molar-refractivity contribution is 0.762. The molecule has 1 atom stereocenters. The van der Waals surface area contributed by atoms with Crippen molar-refractivity contribution in [3.8, 4) is 0 Å². The first kappa shape index (κ1) is 11.8. The van der Waals surface area contributed by atoms with Crippen LogP contribution in [0.3, 0.4) is 0 Å². The largest absolute Gasteiger partial charge is 0.399 e. The molecule has 0 fully saturated rings. The topological polar surface area (TPSA) is 38.0 Å². The van der Waals surface area contributed by atoms with E-state index in [9.17, 15) is 0 Å². The van der Waals surface area contributed by atoms with E-state index in [1.807, 2.05) is 6.07 Å². The molecule has 2 nitrogen and oxygen atoms in total. The molecule has 0 saturated heterocycles. The minimum atomic E-state index is 0.417. The van der Waals surface area contributed by atoms with E-state index in [2.05, 4.69) is 64.3 Å². The average Bonchev–Trinajstić information content (AvgIpc) is 2.74. The third-order valence-corrected chi connectivity index (χ3v) is 4.15. The van der Waals surface area contributed by atoms with Gasteiger partial charge in [-0.2, -0.15) is 0 Å². The zero-order chi connectivity index (χ0) is 12.5. The van der Waals surface area contributed by atoms with E-state index in [0.29, 0.717) is 6.04 Å². The van der Waals surface area contributed by atoms with Gasteiger partial charge >= 0.3 is 0 Å². The minimum absolute atomic E-state index is 0.417. The molecular formula is C15H15IN2. The third-order valence-electron chi connectivity index (χ3n) is 3.43. The number of anilines is 2. The lowest BCUT2D eigenvalue weighted by atomic mass is 10.1. The fourth-order valence-electron chi connectivity index (χ4n) is 2.53. The number of rotatable bonds is 2. The fourth-order valence-corrected chi connectivity index (χ4v) is 2.89. The maximum atomic E-state index is 5.82. The van der Waals surface area contributed by atoms with E-state index in [1.165, 1.54) is 20.4 Å². The molecule has 0 aliphatic heterocycles. The van der Waals surface area contributed by atoms with Crippen molar-refractivity contribution in [1.82, 2.24) is 0 Å². The second-order valence-corrected chi connectivity index (χ2v) is 5.95. The summed E-state index contributed by atoms with van der Waals surface area (Å²) in [6.45, 7) is 0. The van der Waals surface area contributed by atoms with E-state index >= 15 is 0 Å². The van der Waals surface area contributed by atoms with Gasteiger partial charge in [-0.3, -0.25) is 0 Å². The fraction of sp³-hybridized carbons (Fsp3) is 0.200. The molecule has 18 heavy (non-hydrogen) atoms. The van der Waals surface area contributed by atoms with Crippen molar-refractivity contribution in [2.75, 3.05) is 11.1 Å². The van der Waals surface area contributed by atoms with Crippen LogP contribution in [-0.4, -0.2) is 0 Å². The zero-order valence-corrected chi connectivity index (χ0v) is 12.1. The Morgan fingerprint density at radius 3 is 2.67 bits per heavy atom. The molecule has 0 saturated carbocycles. The van der Waals surface area contributed by atoms with Gasteiger partial charge in [-0.25, -0.2) is 0 Å². The van der Waals surface area contributed by atoms with Gasteiger partial charge < -0.3 is 11.1 Å². The molecule has 3 rings (SSSR count). The monoisotopic (exact) mass is 350 g/mol. The molecule has 3 heteroatoms. The van der Waals surface area contributed by atoms with Crippen molar-refractivity contribution >= 4 is 34.0 Å². The normalized spacial score (nSPS) is 17.5. The van der Waals surface area contributed by atoms with E-state index in [-0.39, 0.29) is 0 Å². The summed E-state index contributed by atoms with van der Waals surface area (Å²) in [6.07, 6.45) is 2.26. The van der Waals surface area contributed by atoms with Gasteiger partial charge in [-0.05, 0) is 83.0 Å². The van der Waals surface area contributed by atoms with Crippen LogP contribution < -0.4 is 11.1 Å². The third kappa shape index (κ3) is 2.32. The van der Waals surface area contributed by atoms with Crippen LogP contribution in [0.2, 0.25) is 0 Å². The number of halogens is 1. The quantitative estimate of drug-likeness (QED) is 0.635. The Hall–Kier alpha value is -1.23. The van der Waals surface area contributed by atoms with E-state index < -0.39 is 0 Å². The molecule has 92 valence electrons. The second-order valence-electron chi connectivity index (χ2n) is 4.70. The summed E-state index contributed by atoms with van der Waals surface area (Å²) in [7, 11) is 0. The lowest BCUT2D eigenvalue weighted by Gasteiger charge is -2.15. The maximum absolute atomic E-state index is 5.82. The number of hydrogen-bond acceptors (Lipinski definition) is 2. The highest BCUT2D eigenvalue weighted by Crippen LogP contribution is 2.34. The van der Waals surface area contributed by atoms with Gasteiger partial charge in [0.05, 0.1) is 6.04 Å². The number of nitrogens with two attached hydrogens (primary N) is 1. The van der Waals surface area contributed by atoms with Crippen molar-refractivity contribution < 1.29 is 0 Å². The first-order valence-corrected chi connectivity index (χ1v) is 7.20. The maximum Gasteiger partial charge on any atom is 0.0519 e. The minimum Gasteiger partial charge on any atom is -0.399 e. The molecule has 0 heterocycles. The number of benzene rings is 2. The lowest BCUT2D eigenvalue weighted by Crippen LogP contribution is -2.06. The SMILES string of the molecule is Nc1ccc2c(c1)CCC2Nc1ccc(I)cc1. The highest BCUT2D eigenvalue weighted by atomic mass is 127. The van der Waals surface area contributed by atoms with Crippen LogP contribution in [0.15, 0.2) is 42.5 Å². The predicted molar refractivity (Wildman–Crippen MR) is 84.7 cm³/mol. The van der Waals surface area contributed by atoms with Crippen LogP contribution >= 0.6 is 22.6 Å². The second kappa shape index (κ2) is 4.80. The van der Waals surface area contributed by atoms with Crippen LogP contribution in [0.4, 0.5) is 11.4 Å². The first-order chi connectivity index (χ1) is 8.72. The molecule has 0 amide bonds. The van der Waals surface area contributed by atoms with Gasteiger partial charge in [-0.15, -0.1) is 0 Å². The Balaban J connectivity index is 1.82. The van der Waals surface area contributed by atoms with Crippen molar-refractivity contribution in [2.45, 2.75) is 18.9 Å². The summed E-state index contributed by atoms with van der Waals surface area (Å²) in [6, 6.07) is 15.2. The van der Waals surface area contributed by atoms with Crippen LogP contribution in [0.5, 0.6) is 0 Å². The summed E-state index contributed by atoms with van der Waals surface area (Å²) in [5.41, 5.74) is 10.7. The standard InChI is InChI=1S/C15H15IN2/c16-11-2-5-13(6-3-11)18-15-8-1-10-9-12(17)4-7-14(10)15/h2-7,9,15,18H,1,8,17H2. The summed E-state index contributed by atoms with van der Waals surface area (Å²) in [5.74, 6) is 0. The molecular weight excluding hydrogens is 335 g/mol. The van der Waals surface area contributed by atoms with Gasteiger partial charge in [0.2, 0.25) is 0 Å². The van der Waals surface area contributed by atoms with Crippen LogP contribution in [0.1, 0.15) is 23.6 Å². The molecule has 1 aliphatic carbocycles. The van der Waals surface area contributed by atoms with Gasteiger partial charge in [0.25, 0.3) is 0 Å². The van der Waals surface area contributed by atoms with E-state index in [4.69, 9.17) is 5.73 Å². The smallest absolute Gasteiger partial charge is 0.0519 e. The predicted octanol–water partition coefficient (Wildman–Crippen LogP) is 3.97. The number of nitrogen functional groups attached to an aromatic ring is 1. The number of aryl methyl sites for hydroxylation is 1. The van der Waals surface area contributed by atoms with Gasteiger partial charge in [-0.1, -0.05) is 6.07 Å². The average molecular weight is 350 g/mol. The molecule has 1 aliphatic rings. The summed E-state index contributed by atoms with van der Waals surface area (Å²) >= 11 is 2.32. The molecule has 3 N–H and O–H groups in total. The summed E-state index contributed by atoms with van der Waals surface area (Å²) < 4.78 is 1.26. The summed E-state index contributed by atoms with van der Waals surface area (Å²) in [4.78, 5) is 0. The van der Waals surface area contributed by atoms with E-state index in [1.54, 1.807) is 0 Å². The Kier molecular flexibility index (Phi) is 3.16. The molecule has 0 spiro atoms. The van der Waals surface area contributed by atoms with Gasteiger partial charge in [0, 0.05) is 14.9 Å². The highest BCUT2D eigenvalue weighted by molar-refractivity contribution is 14.1. The van der Waals surface area contributed by atoms with E-state index in [0.717, 1.165) is 18.5 Å². The molecule has 0 aromatic heterocycles. The Labute approximate surface area is 121 Å². The Morgan fingerprint density at radius 2 is 1.89 bits per heavy atom. The van der Waals surface area contributed by atoms with Crippen LogP contribution in [-0.2, 0) is 6.42 Å². The molecule has 0 radical (unpaired) electrons. The number of fused-ring (bicyclic) bond motifs is 1. The molecule has 0 bridgehead atoms. The first-order valence-electron chi connectivity index (χ1n) is 6.13. The Morgan fingerprint density at radius 1 is 1.11 bits per heavy atom. The number of hydrogen-bond donors (Lipinski definition) is 2. The van der Waals surface area contributed by atoms with Gasteiger partial charge in [0.1, 0.15) is 0 Å².